The van der Waals surface area contributed by atoms with Crippen LogP contribution in [0.2, 0.25) is 0 Å². The first-order valence-electron chi connectivity index (χ1n) is 8.02. The molecule has 1 aromatic rings. The van der Waals surface area contributed by atoms with Crippen LogP contribution in [0.5, 0.6) is 0 Å². The molecule has 1 aromatic carbocycles. The Hall–Kier alpha value is -2.90. The summed E-state index contributed by atoms with van der Waals surface area (Å²) in [5.41, 5.74) is 5.58. The number of anilines is 1. The summed E-state index contributed by atoms with van der Waals surface area (Å²) in [6.45, 7) is 3.88. The fraction of sp³-hybridized carbons (Fsp3) is 0.412. The third-order valence-corrected chi connectivity index (χ3v) is 3.83. The second kappa shape index (κ2) is 7.78. The highest BCUT2D eigenvalue weighted by Gasteiger charge is 2.31. The maximum absolute atomic E-state index is 12.6. The Balaban J connectivity index is 2.23. The van der Waals surface area contributed by atoms with Gasteiger partial charge < -0.3 is 15.4 Å². The van der Waals surface area contributed by atoms with Crippen molar-refractivity contribution < 1.29 is 23.9 Å². The van der Waals surface area contributed by atoms with Crippen LogP contribution in [0, 0.1) is 5.92 Å². The lowest BCUT2D eigenvalue weighted by Gasteiger charge is -2.22. The first kappa shape index (κ1) is 18.4. The lowest BCUT2D eigenvalue weighted by Crippen LogP contribution is -2.45. The largest absolute Gasteiger partial charge is 0.448 e. The van der Waals surface area contributed by atoms with Crippen LogP contribution in [0.15, 0.2) is 24.3 Å². The number of imide groups is 1. The van der Waals surface area contributed by atoms with Gasteiger partial charge in [0.25, 0.3) is 5.91 Å². The van der Waals surface area contributed by atoms with Crippen LogP contribution in [0.3, 0.4) is 0 Å². The molecule has 4 amide bonds. The number of amides is 4. The first-order chi connectivity index (χ1) is 11.8. The number of urea groups is 1. The van der Waals surface area contributed by atoms with Gasteiger partial charge in [-0.05, 0) is 24.5 Å². The van der Waals surface area contributed by atoms with Crippen molar-refractivity contribution >= 4 is 29.5 Å². The predicted molar refractivity (Wildman–Crippen MR) is 89.8 cm³/mol. The van der Waals surface area contributed by atoms with Crippen molar-refractivity contribution in [2.75, 3.05) is 11.4 Å². The Morgan fingerprint density at radius 3 is 2.48 bits per heavy atom. The van der Waals surface area contributed by atoms with Crippen LogP contribution in [0.25, 0.3) is 0 Å². The van der Waals surface area contributed by atoms with E-state index in [4.69, 9.17) is 10.5 Å². The Bertz CT molecular complexity index is 701. The molecular formula is C17H21N3O5. The van der Waals surface area contributed by atoms with E-state index in [0.29, 0.717) is 18.7 Å². The van der Waals surface area contributed by atoms with E-state index >= 15 is 0 Å². The number of benzene rings is 1. The summed E-state index contributed by atoms with van der Waals surface area (Å²) in [5.74, 6) is -1.96. The number of rotatable bonds is 5. The van der Waals surface area contributed by atoms with Gasteiger partial charge in [0.05, 0.1) is 11.3 Å². The van der Waals surface area contributed by atoms with Gasteiger partial charge in [-0.15, -0.1) is 0 Å². The molecule has 0 radical (unpaired) electrons. The number of nitrogens with two attached hydrogens (primary N) is 1. The number of carbonyl (C=O) groups is 4. The second-order valence-corrected chi connectivity index (χ2v) is 6.09. The number of nitrogens with zero attached hydrogens (tertiary/aromatic N) is 1. The number of carbonyl (C=O) groups excluding carboxylic acids is 4. The number of primary amides is 1. The quantitative estimate of drug-likeness (QED) is 0.776. The monoisotopic (exact) mass is 347 g/mol. The minimum absolute atomic E-state index is 0.0628. The van der Waals surface area contributed by atoms with Crippen LogP contribution in [-0.2, 0) is 14.3 Å². The summed E-state index contributed by atoms with van der Waals surface area (Å²) in [6.07, 6.45) is -0.0287. The van der Waals surface area contributed by atoms with E-state index in [2.05, 4.69) is 0 Å². The Labute approximate surface area is 145 Å². The van der Waals surface area contributed by atoms with E-state index in [9.17, 15) is 19.2 Å². The van der Waals surface area contributed by atoms with Crippen molar-refractivity contribution in [3.05, 3.63) is 29.8 Å². The molecule has 134 valence electrons. The number of para-hydroxylation sites is 1. The van der Waals surface area contributed by atoms with Gasteiger partial charge in [-0.3, -0.25) is 14.9 Å². The number of ether oxygens (including phenoxy) is 1. The van der Waals surface area contributed by atoms with Gasteiger partial charge in [-0.25, -0.2) is 9.59 Å². The topological polar surface area (TPSA) is 119 Å². The average Bonchev–Trinajstić information content (AvgIpc) is 2.97. The van der Waals surface area contributed by atoms with Crippen LogP contribution in [-0.4, -0.2) is 36.5 Å². The summed E-state index contributed by atoms with van der Waals surface area (Å²) in [6, 6.07) is 5.54. The van der Waals surface area contributed by atoms with Crippen molar-refractivity contribution in [1.29, 1.82) is 0 Å². The van der Waals surface area contributed by atoms with E-state index in [1.807, 2.05) is 5.32 Å². The molecule has 1 atom stereocenters. The molecule has 2 rings (SSSR count). The molecule has 1 fully saturated rings. The molecule has 1 saturated heterocycles. The van der Waals surface area contributed by atoms with Crippen molar-refractivity contribution in [2.24, 2.45) is 11.7 Å². The zero-order valence-corrected chi connectivity index (χ0v) is 14.2. The first-order valence-corrected chi connectivity index (χ1v) is 8.02. The normalized spacial score (nSPS) is 15.2. The highest BCUT2D eigenvalue weighted by atomic mass is 16.5. The average molecular weight is 347 g/mol. The summed E-state index contributed by atoms with van der Waals surface area (Å²) in [4.78, 5) is 48.9. The van der Waals surface area contributed by atoms with Gasteiger partial charge in [0.2, 0.25) is 5.91 Å². The van der Waals surface area contributed by atoms with Gasteiger partial charge in [-0.1, -0.05) is 26.0 Å². The molecule has 0 spiro atoms. The van der Waals surface area contributed by atoms with E-state index in [0.717, 1.165) is 6.42 Å². The number of nitrogens with one attached hydrogen (secondary N) is 1. The van der Waals surface area contributed by atoms with Crippen LogP contribution < -0.4 is 16.0 Å². The minimum Gasteiger partial charge on any atom is -0.448 e. The van der Waals surface area contributed by atoms with Gasteiger partial charge >= 0.3 is 12.0 Å². The third kappa shape index (κ3) is 4.34. The smallest absolute Gasteiger partial charge is 0.341 e. The molecule has 8 heteroatoms. The molecule has 0 unspecified atom stereocenters. The van der Waals surface area contributed by atoms with Crippen LogP contribution in [0.1, 0.15) is 37.0 Å². The van der Waals surface area contributed by atoms with Crippen molar-refractivity contribution in [2.45, 2.75) is 32.8 Å². The zero-order valence-electron chi connectivity index (χ0n) is 14.2. The van der Waals surface area contributed by atoms with Crippen LogP contribution >= 0.6 is 0 Å². The molecule has 0 aromatic heterocycles. The molecule has 0 saturated carbocycles. The highest BCUT2D eigenvalue weighted by molar-refractivity contribution is 6.04. The van der Waals surface area contributed by atoms with Gasteiger partial charge in [0.15, 0.2) is 6.10 Å². The Kier molecular flexibility index (Phi) is 5.74. The van der Waals surface area contributed by atoms with Gasteiger partial charge in [0.1, 0.15) is 0 Å². The summed E-state index contributed by atoms with van der Waals surface area (Å²) in [5, 5.41) is 1.92. The lowest BCUT2D eigenvalue weighted by molar-refractivity contribution is -0.131. The minimum atomic E-state index is -1.18. The maximum atomic E-state index is 12.6. The van der Waals surface area contributed by atoms with Crippen molar-refractivity contribution in [3.8, 4) is 0 Å². The molecule has 3 N–H and O–H groups in total. The van der Waals surface area contributed by atoms with E-state index in [1.165, 1.54) is 11.0 Å². The highest BCUT2D eigenvalue weighted by Crippen LogP contribution is 2.26. The van der Waals surface area contributed by atoms with E-state index in [1.54, 1.807) is 32.0 Å². The third-order valence-electron chi connectivity index (χ3n) is 3.83. The molecule has 0 aliphatic carbocycles. The molecule has 25 heavy (non-hydrogen) atoms. The molecule has 8 nitrogen and oxygen atoms in total. The van der Waals surface area contributed by atoms with E-state index in [-0.39, 0.29) is 17.4 Å². The molecule has 1 heterocycles. The van der Waals surface area contributed by atoms with E-state index < -0.39 is 24.0 Å². The van der Waals surface area contributed by atoms with Crippen molar-refractivity contribution in [1.82, 2.24) is 5.32 Å². The number of hydrogen-bond donors (Lipinski definition) is 2. The summed E-state index contributed by atoms with van der Waals surface area (Å²) >= 11 is 0. The van der Waals surface area contributed by atoms with Gasteiger partial charge in [0, 0.05) is 13.0 Å². The molecule has 1 aliphatic heterocycles. The number of hydrogen-bond acceptors (Lipinski definition) is 5. The fourth-order valence-corrected chi connectivity index (χ4v) is 2.65. The van der Waals surface area contributed by atoms with Gasteiger partial charge in [-0.2, -0.15) is 0 Å². The Morgan fingerprint density at radius 2 is 1.92 bits per heavy atom. The second-order valence-electron chi connectivity index (χ2n) is 6.09. The zero-order chi connectivity index (χ0) is 18.6. The summed E-state index contributed by atoms with van der Waals surface area (Å²) in [7, 11) is 0. The predicted octanol–water partition coefficient (Wildman–Crippen LogP) is 1.19. The molecular weight excluding hydrogens is 326 g/mol. The fourth-order valence-electron chi connectivity index (χ4n) is 2.65. The van der Waals surface area contributed by atoms with Crippen molar-refractivity contribution in [3.63, 3.8) is 0 Å². The standard InChI is InChI=1S/C17H21N3O5/c1-10(2)14(15(22)19-17(18)24)25-16(23)11-6-3-4-7-12(11)20-9-5-8-13(20)21/h3-4,6-7,10,14H,5,8-9H2,1-2H3,(H3,18,19,22,24)/t14-/m0/s1. The molecule has 0 bridgehead atoms. The maximum Gasteiger partial charge on any atom is 0.341 e. The Morgan fingerprint density at radius 1 is 1.24 bits per heavy atom. The van der Waals surface area contributed by atoms with Crippen LogP contribution in [0.4, 0.5) is 10.5 Å². The molecule has 1 aliphatic rings. The summed E-state index contributed by atoms with van der Waals surface area (Å²) < 4.78 is 5.30. The lowest BCUT2D eigenvalue weighted by atomic mass is 10.1. The number of esters is 1. The SMILES string of the molecule is CC(C)[C@H](OC(=O)c1ccccc1N1CCCC1=O)C(=O)NC(N)=O.